The van der Waals surface area contributed by atoms with Gasteiger partial charge in [-0.05, 0) is 62.1 Å². The molecule has 2 rings (SSSR count). The predicted octanol–water partition coefficient (Wildman–Crippen LogP) is 7.50. The summed E-state index contributed by atoms with van der Waals surface area (Å²) in [5.41, 5.74) is -0.213. The number of carboxylic acids is 8. The van der Waals surface area contributed by atoms with Gasteiger partial charge in [-0.3, -0.25) is 19.2 Å². The number of hydrogen-bond acceptors (Lipinski definition) is 8. The van der Waals surface area contributed by atoms with Crippen molar-refractivity contribution >= 4 is 47.8 Å². The lowest BCUT2D eigenvalue weighted by Crippen LogP contribution is -2.06. The van der Waals surface area contributed by atoms with Gasteiger partial charge < -0.3 is 40.9 Å². The zero-order valence-corrected chi connectivity index (χ0v) is 30.2. The molecule has 16 nitrogen and oxygen atoms in total. The average Bonchev–Trinajstić information content (AvgIpc) is 3.10. The molecule has 0 bridgehead atoms. The van der Waals surface area contributed by atoms with Gasteiger partial charge in [0.1, 0.15) is 0 Å². The monoisotopic (exact) mass is 764 g/mol. The molecule has 0 unspecified atom stereocenters. The minimum Gasteiger partial charge on any atom is -0.481 e. The summed E-state index contributed by atoms with van der Waals surface area (Å²) in [5.74, 6) is -7.49. The quantitative estimate of drug-likeness (QED) is 0.0480. The van der Waals surface area contributed by atoms with Crippen molar-refractivity contribution in [3.8, 4) is 0 Å². The number of unbranched alkanes of at least 4 members (excludes halogenated alkanes) is 12. The van der Waals surface area contributed by atoms with E-state index in [4.69, 9.17) is 40.9 Å². The maximum atomic E-state index is 10.5. The summed E-state index contributed by atoms with van der Waals surface area (Å²) >= 11 is 0. The van der Waals surface area contributed by atoms with E-state index < -0.39 is 47.8 Å². The fraction of sp³-hybridized carbons (Fsp3) is 0.474. The minimum atomic E-state index is -1.23. The first-order valence-corrected chi connectivity index (χ1v) is 17.5. The molecule has 0 spiro atoms. The summed E-state index contributed by atoms with van der Waals surface area (Å²) in [6.45, 7) is 0. The molecular formula is C38H52O16. The molecule has 54 heavy (non-hydrogen) atoms. The molecule has 8 N–H and O–H groups in total. The molecule has 0 saturated heterocycles. The van der Waals surface area contributed by atoms with Crippen LogP contribution >= 0.6 is 0 Å². The first-order valence-electron chi connectivity index (χ1n) is 17.5. The molecule has 0 atom stereocenters. The lowest BCUT2D eigenvalue weighted by atomic mass is 10.1. The molecule has 0 aliphatic rings. The maximum Gasteiger partial charge on any atom is 0.336 e. The zero-order valence-electron chi connectivity index (χ0n) is 30.2. The number of rotatable bonds is 24. The lowest BCUT2D eigenvalue weighted by Gasteiger charge is -2.00. The van der Waals surface area contributed by atoms with Crippen LogP contribution in [0.4, 0.5) is 0 Å². The third-order valence-electron chi connectivity index (χ3n) is 7.33. The van der Waals surface area contributed by atoms with Gasteiger partial charge in [-0.25, -0.2) is 19.2 Å². The smallest absolute Gasteiger partial charge is 0.336 e. The molecule has 0 radical (unpaired) electrons. The molecule has 16 heteroatoms. The van der Waals surface area contributed by atoms with Gasteiger partial charge in [0.05, 0.1) is 22.3 Å². The van der Waals surface area contributed by atoms with Crippen LogP contribution in [0.2, 0.25) is 0 Å². The Kier molecular flexibility index (Phi) is 29.7. The highest BCUT2D eigenvalue weighted by atomic mass is 16.4. The second kappa shape index (κ2) is 31.9. The van der Waals surface area contributed by atoms with Gasteiger partial charge in [-0.2, -0.15) is 0 Å². The number of hydrogen-bond donors (Lipinski definition) is 8. The van der Waals surface area contributed by atoms with Crippen molar-refractivity contribution in [3.63, 3.8) is 0 Å². The molecule has 0 aliphatic heterocycles. The summed E-state index contributed by atoms with van der Waals surface area (Å²) in [6.07, 6.45) is 14.3. The van der Waals surface area contributed by atoms with Crippen LogP contribution in [0, 0.1) is 0 Å². The van der Waals surface area contributed by atoms with Crippen LogP contribution in [0.1, 0.15) is 157 Å². The second-order valence-corrected chi connectivity index (χ2v) is 11.9. The summed E-state index contributed by atoms with van der Waals surface area (Å²) in [6, 6.07) is 10.5. The molecule has 0 amide bonds. The third kappa shape index (κ3) is 31.0. The lowest BCUT2D eigenvalue weighted by molar-refractivity contribution is -0.138. The summed E-state index contributed by atoms with van der Waals surface area (Å²) in [7, 11) is 0. The number of carbonyl (C=O) groups is 8. The molecule has 300 valence electrons. The highest BCUT2D eigenvalue weighted by Crippen LogP contribution is 2.11. The maximum absolute atomic E-state index is 10.5. The highest BCUT2D eigenvalue weighted by Gasteiger charge is 2.13. The molecule has 0 fully saturated rings. The number of aromatic carboxylic acids is 4. The first kappa shape index (κ1) is 50.3. The number of benzene rings is 2. The van der Waals surface area contributed by atoms with Crippen molar-refractivity contribution in [2.45, 2.75) is 116 Å². The fourth-order valence-electron chi connectivity index (χ4n) is 4.48. The molecule has 0 saturated carbocycles. The molecule has 2 aromatic carbocycles. The molecule has 0 aromatic heterocycles. The zero-order chi connectivity index (χ0) is 41.3. The molecular weight excluding hydrogens is 712 g/mol. The number of aliphatic carboxylic acids is 4. The van der Waals surface area contributed by atoms with Crippen molar-refractivity contribution in [2.75, 3.05) is 0 Å². The van der Waals surface area contributed by atoms with Crippen LogP contribution in [0.15, 0.2) is 48.5 Å². The Labute approximate surface area is 313 Å². The third-order valence-corrected chi connectivity index (χ3v) is 7.33. The van der Waals surface area contributed by atoms with Crippen molar-refractivity contribution in [3.05, 3.63) is 70.8 Å². The summed E-state index contributed by atoms with van der Waals surface area (Å²) < 4.78 is 0. The van der Waals surface area contributed by atoms with Gasteiger partial charge in [0.2, 0.25) is 0 Å². The molecule has 0 aliphatic carbocycles. The van der Waals surface area contributed by atoms with Crippen molar-refractivity contribution < 1.29 is 79.2 Å². The van der Waals surface area contributed by atoms with Gasteiger partial charge in [0, 0.05) is 25.7 Å². The number of carboxylic acid groups (broad SMARTS) is 8. The van der Waals surface area contributed by atoms with Crippen LogP contribution in [0.25, 0.3) is 0 Å². The topological polar surface area (TPSA) is 298 Å². The largest absolute Gasteiger partial charge is 0.481 e. The van der Waals surface area contributed by atoms with E-state index in [0.29, 0.717) is 0 Å². The molecule has 2 aromatic rings. The van der Waals surface area contributed by atoms with Crippen molar-refractivity contribution in [1.29, 1.82) is 0 Å². The standard InChI is InChI=1S/C12H22O4.C10H18O4.2C8H6O4/c13-11(14)9-7-5-3-1-2-4-6-8-10-12(15)16;11-9(12)7-5-3-1-2-4-6-8-10(13)14;9-7(10)5-1-2-6(4-3-5)8(11)12;9-7(10)5-3-1-2-4-6(5)8(11)12/h1-10H2,(H,13,14)(H,15,16);1-8H2,(H,11,12)(H,13,14);2*1-4H,(H,9,10)(H,11,12). The Morgan fingerprint density at radius 3 is 0.667 bits per heavy atom. The van der Waals surface area contributed by atoms with E-state index in [0.717, 1.165) is 89.9 Å². The Bertz CT molecular complexity index is 1340. The van der Waals surface area contributed by atoms with Gasteiger partial charge in [0.15, 0.2) is 0 Å². The second-order valence-electron chi connectivity index (χ2n) is 11.9. The van der Waals surface area contributed by atoms with Crippen LogP contribution in [0.3, 0.4) is 0 Å². The van der Waals surface area contributed by atoms with E-state index in [2.05, 4.69) is 0 Å². The van der Waals surface area contributed by atoms with E-state index in [1.807, 2.05) is 0 Å². The minimum absolute atomic E-state index is 0.0833. The normalized spacial score (nSPS) is 9.78. The van der Waals surface area contributed by atoms with Crippen LogP contribution in [0.5, 0.6) is 0 Å². The average molecular weight is 765 g/mol. The first-order chi connectivity index (χ1) is 25.5. The van der Waals surface area contributed by atoms with Gasteiger partial charge in [-0.1, -0.05) is 76.3 Å². The van der Waals surface area contributed by atoms with Crippen LogP contribution < -0.4 is 0 Å². The van der Waals surface area contributed by atoms with E-state index in [1.54, 1.807) is 0 Å². The fourth-order valence-corrected chi connectivity index (χ4v) is 4.48. The Balaban J connectivity index is 0. The van der Waals surface area contributed by atoms with E-state index >= 15 is 0 Å². The van der Waals surface area contributed by atoms with E-state index in [1.165, 1.54) is 48.5 Å². The van der Waals surface area contributed by atoms with Crippen LogP contribution in [-0.2, 0) is 19.2 Å². The SMILES string of the molecule is O=C(O)CCCCCCCCC(=O)O.O=C(O)CCCCCCCCCCC(=O)O.O=C(O)c1ccc(C(=O)O)cc1.O=C(O)c1ccccc1C(=O)O. The summed E-state index contributed by atoms with van der Waals surface area (Å²) in [4.78, 5) is 82.3. The van der Waals surface area contributed by atoms with Crippen LogP contribution in [-0.4, -0.2) is 88.6 Å². The Hall–Kier alpha value is -5.80. The van der Waals surface area contributed by atoms with Crippen molar-refractivity contribution in [2.24, 2.45) is 0 Å². The van der Waals surface area contributed by atoms with Crippen molar-refractivity contribution in [1.82, 2.24) is 0 Å². The van der Waals surface area contributed by atoms with E-state index in [9.17, 15) is 38.4 Å². The van der Waals surface area contributed by atoms with Gasteiger partial charge in [0.25, 0.3) is 0 Å². The van der Waals surface area contributed by atoms with Gasteiger partial charge >= 0.3 is 47.8 Å². The Morgan fingerprint density at radius 2 is 0.500 bits per heavy atom. The van der Waals surface area contributed by atoms with E-state index in [-0.39, 0.29) is 47.9 Å². The Morgan fingerprint density at radius 1 is 0.296 bits per heavy atom. The predicted molar refractivity (Wildman–Crippen MR) is 194 cm³/mol. The van der Waals surface area contributed by atoms with Gasteiger partial charge in [-0.15, -0.1) is 0 Å². The molecule has 0 heterocycles. The summed E-state index contributed by atoms with van der Waals surface area (Å²) in [5, 5.41) is 67.6. The highest BCUT2D eigenvalue weighted by molar-refractivity contribution is 6.01.